The van der Waals surface area contributed by atoms with Gasteiger partial charge in [0.05, 0.1) is 13.2 Å². The zero-order valence-corrected chi connectivity index (χ0v) is 20.1. The molecule has 0 aliphatic rings. The molecule has 2 unspecified atom stereocenters. The van der Waals surface area contributed by atoms with Crippen molar-refractivity contribution >= 4 is 16.5 Å². The molecule has 0 saturated heterocycles. The minimum Gasteiger partial charge on any atom is -0.326 e. The maximum atomic E-state index is 10.2. The Hall–Kier alpha value is -0.740. The Morgan fingerprint density at radius 3 is 1.25 bits per heavy atom. The molecule has 0 aromatic carbocycles. The quantitative estimate of drug-likeness (QED) is 0.281. The second kappa shape index (κ2) is 19.6. The Bertz CT molecular complexity index is 532. The fourth-order valence-corrected chi connectivity index (χ4v) is 2.34. The molecule has 0 aliphatic carbocycles. The first-order chi connectivity index (χ1) is 13.0. The van der Waals surface area contributed by atoms with Crippen LogP contribution in [-0.2, 0) is 18.2 Å². The van der Waals surface area contributed by atoms with Crippen LogP contribution in [-0.4, -0.2) is 23.0 Å². The molecule has 2 atom stereocenters. The van der Waals surface area contributed by atoms with Crippen molar-refractivity contribution in [3.63, 3.8) is 0 Å². The van der Waals surface area contributed by atoms with Crippen LogP contribution in [0.25, 0.3) is 0 Å². The standard InChI is InChI=1S/2C10H19O3P/c2*1-9(2)5-4-6-10(3)7-8-13-14(11)12/h2*5,7,14H,4,6,8H2,1-3H3,(H,11,12)/b2*10-7+. The summed E-state index contributed by atoms with van der Waals surface area (Å²) >= 11 is 0. The van der Waals surface area contributed by atoms with E-state index in [1.807, 2.05) is 26.0 Å². The van der Waals surface area contributed by atoms with Crippen LogP contribution in [0.2, 0.25) is 0 Å². The molecule has 0 fully saturated rings. The van der Waals surface area contributed by atoms with Gasteiger partial charge in [-0.3, -0.25) is 9.13 Å². The van der Waals surface area contributed by atoms with E-state index in [4.69, 9.17) is 9.79 Å². The lowest BCUT2D eigenvalue weighted by Gasteiger charge is -1.99. The zero-order valence-electron chi connectivity index (χ0n) is 18.1. The molecule has 0 spiro atoms. The monoisotopic (exact) mass is 436 g/mol. The summed E-state index contributed by atoms with van der Waals surface area (Å²) in [6.45, 7) is 12.7. The van der Waals surface area contributed by atoms with Crippen molar-refractivity contribution in [1.29, 1.82) is 0 Å². The predicted molar refractivity (Wildman–Crippen MR) is 119 cm³/mol. The molecule has 0 heterocycles. The Balaban J connectivity index is 0. The largest absolute Gasteiger partial charge is 0.326 e. The molecule has 0 amide bonds. The maximum Gasteiger partial charge on any atom is 0.316 e. The molecule has 164 valence electrons. The molecule has 0 aromatic heterocycles. The smallest absolute Gasteiger partial charge is 0.316 e. The van der Waals surface area contributed by atoms with E-state index in [9.17, 15) is 9.13 Å². The first kappa shape index (κ1) is 29.5. The van der Waals surface area contributed by atoms with E-state index in [0.717, 1.165) is 25.7 Å². The average Bonchev–Trinajstić information content (AvgIpc) is 2.54. The van der Waals surface area contributed by atoms with Gasteiger partial charge < -0.3 is 18.8 Å². The summed E-state index contributed by atoms with van der Waals surface area (Å²) in [5.41, 5.74) is 5.00. The molecule has 0 bridgehead atoms. The third-order valence-electron chi connectivity index (χ3n) is 3.46. The number of allylic oxidation sites excluding steroid dienone is 6. The molecular formula is C20H38O6P2. The van der Waals surface area contributed by atoms with E-state index >= 15 is 0 Å². The normalized spacial score (nSPS) is 13.9. The van der Waals surface area contributed by atoms with Gasteiger partial charge >= 0.3 is 16.5 Å². The van der Waals surface area contributed by atoms with Gasteiger partial charge in [0.2, 0.25) is 0 Å². The van der Waals surface area contributed by atoms with E-state index in [1.54, 1.807) is 0 Å². The summed E-state index contributed by atoms with van der Waals surface area (Å²) in [4.78, 5) is 16.8. The van der Waals surface area contributed by atoms with E-state index in [-0.39, 0.29) is 13.2 Å². The summed E-state index contributed by atoms with van der Waals surface area (Å²) in [7, 11) is -5.54. The van der Waals surface area contributed by atoms with Crippen LogP contribution in [0.1, 0.15) is 67.2 Å². The van der Waals surface area contributed by atoms with Gasteiger partial charge in [0, 0.05) is 0 Å². The average molecular weight is 436 g/mol. The zero-order chi connectivity index (χ0) is 21.9. The van der Waals surface area contributed by atoms with E-state index in [0.29, 0.717) is 0 Å². The summed E-state index contributed by atoms with van der Waals surface area (Å²) in [6.07, 6.45) is 12.0. The molecule has 28 heavy (non-hydrogen) atoms. The van der Waals surface area contributed by atoms with Crippen molar-refractivity contribution in [2.45, 2.75) is 67.2 Å². The van der Waals surface area contributed by atoms with Crippen LogP contribution in [0.3, 0.4) is 0 Å². The van der Waals surface area contributed by atoms with Crippen molar-refractivity contribution in [3.05, 3.63) is 46.6 Å². The van der Waals surface area contributed by atoms with Crippen molar-refractivity contribution < 1.29 is 28.0 Å². The summed E-state index contributed by atoms with van der Waals surface area (Å²) < 4.78 is 29.5. The van der Waals surface area contributed by atoms with Crippen molar-refractivity contribution in [3.8, 4) is 0 Å². The van der Waals surface area contributed by atoms with E-state index in [2.05, 4.69) is 48.9 Å². The molecule has 2 N–H and O–H groups in total. The van der Waals surface area contributed by atoms with Crippen LogP contribution in [0.15, 0.2) is 46.6 Å². The fourth-order valence-electron chi connectivity index (χ4n) is 1.89. The van der Waals surface area contributed by atoms with Crippen LogP contribution in [0.4, 0.5) is 0 Å². The Morgan fingerprint density at radius 1 is 0.679 bits per heavy atom. The maximum absolute atomic E-state index is 10.2. The highest BCUT2D eigenvalue weighted by Crippen LogP contribution is 2.15. The van der Waals surface area contributed by atoms with Gasteiger partial charge in [-0.05, 0) is 67.2 Å². The second-order valence-corrected chi connectivity index (χ2v) is 8.54. The van der Waals surface area contributed by atoms with Gasteiger partial charge in [0.25, 0.3) is 0 Å². The molecular weight excluding hydrogens is 398 g/mol. The predicted octanol–water partition coefficient (Wildman–Crippen LogP) is 6.16. The van der Waals surface area contributed by atoms with E-state index < -0.39 is 16.5 Å². The summed E-state index contributed by atoms with van der Waals surface area (Å²) in [5, 5.41) is 0. The minimum atomic E-state index is -2.77. The SMILES string of the molecule is CC(C)=CCC/C(C)=C/CO[PH](=O)O.CC(C)=CCC/C(C)=C/CO[PH](=O)O. The Morgan fingerprint density at radius 2 is 1.00 bits per heavy atom. The minimum absolute atomic E-state index is 0.231. The highest BCUT2D eigenvalue weighted by atomic mass is 31.1. The van der Waals surface area contributed by atoms with Gasteiger partial charge in [-0.25, -0.2) is 0 Å². The van der Waals surface area contributed by atoms with Crippen LogP contribution in [0, 0.1) is 0 Å². The molecule has 0 saturated carbocycles. The lowest BCUT2D eigenvalue weighted by atomic mass is 10.1. The lowest BCUT2D eigenvalue weighted by molar-refractivity contribution is 0.310. The Kier molecular flexibility index (Phi) is 20.6. The molecule has 0 rings (SSSR count). The molecule has 0 aliphatic heterocycles. The molecule has 0 aromatic rings. The van der Waals surface area contributed by atoms with Crippen LogP contribution in [0.5, 0.6) is 0 Å². The fraction of sp³-hybridized carbons (Fsp3) is 0.600. The Labute approximate surface area is 171 Å². The van der Waals surface area contributed by atoms with E-state index in [1.165, 1.54) is 22.3 Å². The second-order valence-electron chi connectivity index (χ2n) is 6.90. The number of hydrogen-bond donors (Lipinski definition) is 2. The van der Waals surface area contributed by atoms with Crippen molar-refractivity contribution in [1.82, 2.24) is 0 Å². The topological polar surface area (TPSA) is 93.1 Å². The summed E-state index contributed by atoms with van der Waals surface area (Å²) in [6, 6.07) is 0. The first-order valence-electron chi connectivity index (χ1n) is 9.34. The number of rotatable bonds is 12. The highest BCUT2D eigenvalue weighted by molar-refractivity contribution is 7.32. The molecule has 8 heteroatoms. The van der Waals surface area contributed by atoms with Gasteiger partial charge in [-0.2, -0.15) is 0 Å². The van der Waals surface area contributed by atoms with Gasteiger partial charge in [0.1, 0.15) is 0 Å². The highest BCUT2D eigenvalue weighted by Gasteiger charge is 1.92. The first-order valence-corrected chi connectivity index (χ1v) is 11.9. The van der Waals surface area contributed by atoms with Crippen molar-refractivity contribution in [2.75, 3.05) is 13.2 Å². The summed E-state index contributed by atoms with van der Waals surface area (Å²) in [5.74, 6) is 0. The van der Waals surface area contributed by atoms with Crippen LogP contribution >= 0.6 is 16.5 Å². The van der Waals surface area contributed by atoms with Crippen LogP contribution < -0.4 is 0 Å². The van der Waals surface area contributed by atoms with Crippen molar-refractivity contribution in [2.24, 2.45) is 0 Å². The molecule has 6 nitrogen and oxygen atoms in total. The van der Waals surface area contributed by atoms with Gasteiger partial charge in [-0.1, -0.05) is 46.6 Å². The third-order valence-corrected chi connectivity index (χ3v) is 4.29. The van der Waals surface area contributed by atoms with Gasteiger partial charge in [0.15, 0.2) is 0 Å². The number of hydrogen-bond acceptors (Lipinski definition) is 4. The molecule has 0 radical (unpaired) electrons. The lowest BCUT2D eigenvalue weighted by Crippen LogP contribution is -1.84. The third kappa shape index (κ3) is 27.5. The van der Waals surface area contributed by atoms with Gasteiger partial charge in [-0.15, -0.1) is 0 Å².